The lowest BCUT2D eigenvalue weighted by atomic mass is 9.88. The molecule has 0 radical (unpaired) electrons. The van der Waals surface area contributed by atoms with Crippen molar-refractivity contribution in [1.29, 1.82) is 5.26 Å². The fourth-order valence-electron chi connectivity index (χ4n) is 4.63. The fourth-order valence-corrected chi connectivity index (χ4v) is 4.63. The summed E-state index contributed by atoms with van der Waals surface area (Å²) >= 11 is 0. The lowest BCUT2D eigenvalue weighted by molar-refractivity contribution is -0.136. The Kier molecular flexibility index (Phi) is 7.01. The van der Waals surface area contributed by atoms with E-state index < -0.39 is 5.54 Å². The van der Waals surface area contributed by atoms with Crippen LogP contribution in [0, 0.1) is 11.3 Å². The van der Waals surface area contributed by atoms with Gasteiger partial charge < -0.3 is 19.5 Å². The summed E-state index contributed by atoms with van der Waals surface area (Å²) in [5.41, 5.74) is 1.12. The van der Waals surface area contributed by atoms with Crippen molar-refractivity contribution in [3.63, 3.8) is 0 Å². The number of fused-ring (bicyclic) bond motifs is 1. The number of rotatable bonds is 7. The van der Waals surface area contributed by atoms with Crippen LogP contribution in [0.1, 0.15) is 23.6 Å². The van der Waals surface area contributed by atoms with E-state index in [2.05, 4.69) is 16.3 Å². The van der Waals surface area contributed by atoms with Gasteiger partial charge in [0.25, 0.3) is 0 Å². The second-order valence-electron chi connectivity index (χ2n) is 8.36. The van der Waals surface area contributed by atoms with Crippen LogP contribution in [0.3, 0.4) is 0 Å². The Morgan fingerprint density at radius 3 is 2.59 bits per heavy atom. The molecule has 176 valence electrons. The van der Waals surface area contributed by atoms with Crippen LogP contribution in [0.5, 0.6) is 11.5 Å². The highest BCUT2D eigenvalue weighted by molar-refractivity contribution is 5.91. The van der Waals surface area contributed by atoms with Crippen LogP contribution in [-0.2, 0) is 21.6 Å². The second-order valence-corrected chi connectivity index (χ2v) is 8.36. The summed E-state index contributed by atoms with van der Waals surface area (Å²) in [6, 6.07) is 19.4. The third kappa shape index (κ3) is 4.30. The minimum atomic E-state index is -0.936. The van der Waals surface area contributed by atoms with E-state index in [1.165, 1.54) is 0 Å². The van der Waals surface area contributed by atoms with Crippen LogP contribution in [0.15, 0.2) is 54.6 Å². The highest BCUT2D eigenvalue weighted by atomic mass is 16.5. The molecule has 1 N–H and O–H groups in total. The number of hydrogen-bond donors (Lipinski definition) is 1. The molecule has 0 aromatic heterocycles. The molecular formula is C27H29N3O4. The van der Waals surface area contributed by atoms with Gasteiger partial charge in [-0.2, -0.15) is 5.26 Å². The Bertz CT molecular complexity index is 1230. The van der Waals surface area contributed by atoms with E-state index in [1.54, 1.807) is 14.2 Å². The van der Waals surface area contributed by atoms with E-state index in [1.807, 2.05) is 61.5 Å². The van der Waals surface area contributed by atoms with Gasteiger partial charge in [0, 0.05) is 25.2 Å². The molecule has 0 bridgehead atoms. The lowest BCUT2D eigenvalue weighted by Crippen LogP contribution is -2.57. The predicted octanol–water partition coefficient (Wildman–Crippen LogP) is 3.59. The number of nitrogens with zero attached hydrogens (tertiary/aromatic N) is 2. The van der Waals surface area contributed by atoms with Crippen LogP contribution < -0.4 is 14.8 Å². The third-order valence-electron chi connectivity index (χ3n) is 6.57. The van der Waals surface area contributed by atoms with Crippen molar-refractivity contribution < 1.29 is 19.0 Å². The van der Waals surface area contributed by atoms with E-state index in [9.17, 15) is 10.1 Å². The van der Waals surface area contributed by atoms with Crippen LogP contribution in [0.2, 0.25) is 0 Å². The minimum absolute atomic E-state index is 0.142. The number of carbonyl (C=O) groups is 1. The van der Waals surface area contributed by atoms with Crippen LogP contribution in [0.4, 0.5) is 0 Å². The predicted molar refractivity (Wildman–Crippen MR) is 130 cm³/mol. The zero-order valence-electron chi connectivity index (χ0n) is 19.8. The molecule has 1 fully saturated rings. The zero-order valence-corrected chi connectivity index (χ0v) is 19.8. The number of hydrogen-bond acceptors (Lipinski definition) is 6. The Balaban J connectivity index is 1.72. The molecule has 3 aromatic carbocycles. The molecule has 1 atom stereocenters. The molecule has 0 spiro atoms. The molecular weight excluding hydrogens is 430 g/mol. The molecule has 7 nitrogen and oxygen atoms in total. The first-order chi connectivity index (χ1) is 16.5. The van der Waals surface area contributed by atoms with E-state index in [-0.39, 0.29) is 12.5 Å². The Morgan fingerprint density at radius 1 is 1.12 bits per heavy atom. The number of methoxy groups -OCH3 is 2. The van der Waals surface area contributed by atoms with E-state index in [0.717, 1.165) is 21.9 Å². The van der Waals surface area contributed by atoms with Gasteiger partial charge in [0.05, 0.1) is 33.0 Å². The van der Waals surface area contributed by atoms with Gasteiger partial charge in [-0.3, -0.25) is 9.69 Å². The van der Waals surface area contributed by atoms with E-state index in [0.29, 0.717) is 43.4 Å². The molecule has 1 saturated heterocycles. The largest absolute Gasteiger partial charge is 0.497 e. The highest BCUT2D eigenvalue weighted by Crippen LogP contribution is 2.34. The molecule has 0 aliphatic carbocycles. The van der Waals surface area contributed by atoms with Crippen molar-refractivity contribution in [1.82, 2.24) is 10.2 Å². The summed E-state index contributed by atoms with van der Waals surface area (Å²) in [5, 5.41) is 14.7. The molecule has 1 aliphatic rings. The summed E-state index contributed by atoms with van der Waals surface area (Å²) in [6.07, 6.45) is 0. The van der Waals surface area contributed by atoms with Gasteiger partial charge in [-0.25, -0.2) is 0 Å². The van der Waals surface area contributed by atoms with Crippen molar-refractivity contribution in [2.24, 2.45) is 0 Å². The summed E-state index contributed by atoms with van der Waals surface area (Å²) < 4.78 is 16.6. The number of benzene rings is 3. The van der Waals surface area contributed by atoms with Gasteiger partial charge in [0.2, 0.25) is 5.91 Å². The lowest BCUT2D eigenvalue weighted by Gasteiger charge is -2.42. The van der Waals surface area contributed by atoms with Crippen molar-refractivity contribution in [2.45, 2.75) is 19.0 Å². The molecule has 4 rings (SSSR count). The number of ether oxygens (including phenoxy) is 3. The van der Waals surface area contributed by atoms with Gasteiger partial charge in [-0.15, -0.1) is 0 Å². The average Bonchev–Trinajstić information content (AvgIpc) is 2.90. The maximum atomic E-state index is 13.9. The molecule has 7 heteroatoms. The maximum absolute atomic E-state index is 13.9. The summed E-state index contributed by atoms with van der Waals surface area (Å²) in [4.78, 5) is 16.0. The Hall–Kier alpha value is -3.60. The van der Waals surface area contributed by atoms with E-state index in [4.69, 9.17) is 14.2 Å². The van der Waals surface area contributed by atoms with Crippen LogP contribution in [0.25, 0.3) is 10.8 Å². The second kappa shape index (κ2) is 10.1. The van der Waals surface area contributed by atoms with Crippen molar-refractivity contribution in [3.8, 4) is 17.6 Å². The first kappa shape index (κ1) is 23.6. The third-order valence-corrected chi connectivity index (χ3v) is 6.57. The monoisotopic (exact) mass is 459 g/mol. The Labute approximate surface area is 199 Å². The summed E-state index contributed by atoms with van der Waals surface area (Å²) in [5.74, 6) is 1.03. The number of amides is 1. The average molecular weight is 460 g/mol. The quantitative estimate of drug-likeness (QED) is 0.581. The first-order valence-corrected chi connectivity index (χ1v) is 11.3. The molecule has 1 heterocycles. The number of morpholine rings is 1. The molecule has 1 aliphatic heterocycles. The normalized spacial score (nSPS) is 15.8. The highest BCUT2D eigenvalue weighted by Gasteiger charge is 2.42. The molecule has 3 aromatic rings. The fraction of sp³-hybridized carbons (Fsp3) is 0.333. The zero-order chi connectivity index (χ0) is 24.1. The van der Waals surface area contributed by atoms with Gasteiger partial charge in [0.1, 0.15) is 23.1 Å². The Morgan fingerprint density at radius 2 is 1.88 bits per heavy atom. The smallest absolute Gasteiger partial charge is 0.245 e. The topological polar surface area (TPSA) is 83.8 Å². The standard InChI is InChI=1S/C27H29N3O4/c1-27(30-11-13-34-14-12-30,21-8-6-9-22(16-21)32-2)26(31)29-18-24-23-10-5-4-7-19(23)15-20(17-28)25(24)33-3/h4-10,15-16H,11-14,18H2,1-3H3,(H,29,31). The SMILES string of the molecule is COc1cccc(C(C)(C(=O)NCc2c(OC)c(C#N)cc3ccccc23)N2CCOCC2)c1. The van der Waals surface area contributed by atoms with Crippen LogP contribution >= 0.6 is 0 Å². The van der Waals surface area contributed by atoms with Crippen LogP contribution in [-0.4, -0.2) is 51.3 Å². The molecule has 1 amide bonds. The van der Waals surface area contributed by atoms with Gasteiger partial charge in [0.15, 0.2) is 0 Å². The summed E-state index contributed by atoms with van der Waals surface area (Å²) in [7, 11) is 3.16. The van der Waals surface area contributed by atoms with Crippen molar-refractivity contribution in [3.05, 3.63) is 71.3 Å². The van der Waals surface area contributed by atoms with E-state index >= 15 is 0 Å². The summed E-state index contributed by atoms with van der Waals surface area (Å²) in [6.45, 7) is 4.56. The van der Waals surface area contributed by atoms with Gasteiger partial charge in [-0.05, 0) is 41.5 Å². The van der Waals surface area contributed by atoms with Crippen molar-refractivity contribution in [2.75, 3.05) is 40.5 Å². The minimum Gasteiger partial charge on any atom is -0.497 e. The maximum Gasteiger partial charge on any atom is 0.245 e. The van der Waals surface area contributed by atoms with Gasteiger partial charge >= 0.3 is 0 Å². The first-order valence-electron chi connectivity index (χ1n) is 11.3. The molecule has 1 unspecified atom stereocenters. The number of nitrogens with one attached hydrogen (secondary N) is 1. The molecule has 34 heavy (non-hydrogen) atoms. The number of nitriles is 1. The van der Waals surface area contributed by atoms with Crippen molar-refractivity contribution >= 4 is 16.7 Å². The van der Waals surface area contributed by atoms with Gasteiger partial charge in [-0.1, -0.05) is 36.4 Å². The molecule has 0 saturated carbocycles. The number of carbonyl (C=O) groups excluding carboxylic acids is 1.